The first-order chi connectivity index (χ1) is 13.7. The highest BCUT2D eigenvalue weighted by atomic mass is 32.1. The molecule has 0 amide bonds. The fraction of sp³-hybridized carbons (Fsp3) is 0.318. The van der Waals surface area contributed by atoms with Crippen molar-refractivity contribution in [2.75, 3.05) is 0 Å². The highest BCUT2D eigenvalue weighted by Gasteiger charge is 2.08. The van der Waals surface area contributed by atoms with Gasteiger partial charge in [0, 0.05) is 24.3 Å². The zero-order chi connectivity index (χ0) is 19.8. The number of carbonyl (C=O) groups excluding carboxylic acids is 1. The molecule has 1 heterocycles. The number of unbranched alkanes of at least 4 members (excludes halogenated alkanes) is 4. The molecule has 0 saturated carbocycles. The smallest absolute Gasteiger partial charge is 0.311 e. The number of para-hydroxylation sites is 1. The van der Waals surface area contributed by atoms with Gasteiger partial charge in [0.05, 0.1) is 10.2 Å². The molecule has 1 aromatic heterocycles. The number of thiazole rings is 1. The van der Waals surface area contributed by atoms with E-state index in [0.29, 0.717) is 22.9 Å². The SMILES string of the molecule is CCCCCCCC(=O)Oc1ccc(/C=N/c2nc3ccccc3s2)c(O)c1. The van der Waals surface area contributed by atoms with Gasteiger partial charge < -0.3 is 9.84 Å². The van der Waals surface area contributed by atoms with Gasteiger partial charge in [0.1, 0.15) is 11.5 Å². The van der Waals surface area contributed by atoms with Crippen LogP contribution >= 0.6 is 11.3 Å². The Kier molecular flexibility index (Phi) is 7.14. The highest BCUT2D eigenvalue weighted by Crippen LogP contribution is 2.28. The second-order valence-electron chi connectivity index (χ2n) is 6.58. The molecule has 5 nitrogen and oxygen atoms in total. The summed E-state index contributed by atoms with van der Waals surface area (Å²) in [4.78, 5) is 20.7. The van der Waals surface area contributed by atoms with E-state index in [9.17, 15) is 9.90 Å². The number of nitrogens with zero attached hydrogens (tertiary/aromatic N) is 2. The molecule has 1 N–H and O–H groups in total. The second-order valence-corrected chi connectivity index (χ2v) is 7.59. The molecule has 0 bridgehead atoms. The predicted molar refractivity (Wildman–Crippen MR) is 114 cm³/mol. The zero-order valence-corrected chi connectivity index (χ0v) is 16.7. The second kappa shape index (κ2) is 9.99. The van der Waals surface area contributed by atoms with Crippen LogP contribution in [0.5, 0.6) is 11.5 Å². The van der Waals surface area contributed by atoms with E-state index >= 15 is 0 Å². The number of fused-ring (bicyclic) bond motifs is 1. The van der Waals surface area contributed by atoms with Crippen LogP contribution in [0.25, 0.3) is 10.2 Å². The van der Waals surface area contributed by atoms with E-state index in [4.69, 9.17) is 4.74 Å². The standard InChI is InChI=1S/C22H24N2O3S/c1-2-3-4-5-6-11-21(26)27-17-13-12-16(19(25)14-17)15-23-22-24-18-9-7-8-10-20(18)28-22/h7-10,12-15,25H,2-6,11H2,1H3/b23-15+. The minimum absolute atomic E-state index is 0.0121. The van der Waals surface area contributed by atoms with Gasteiger partial charge in [-0.2, -0.15) is 0 Å². The maximum absolute atomic E-state index is 11.9. The average Bonchev–Trinajstić information content (AvgIpc) is 3.10. The molecule has 3 aromatic rings. The van der Waals surface area contributed by atoms with Crippen LogP contribution in [0.4, 0.5) is 5.13 Å². The van der Waals surface area contributed by atoms with Gasteiger partial charge in [-0.05, 0) is 30.7 Å². The number of hydrogen-bond donors (Lipinski definition) is 1. The third-order valence-electron chi connectivity index (χ3n) is 4.31. The van der Waals surface area contributed by atoms with Gasteiger partial charge in [0.25, 0.3) is 0 Å². The fourth-order valence-electron chi connectivity index (χ4n) is 2.79. The lowest BCUT2D eigenvalue weighted by Crippen LogP contribution is -2.07. The Balaban J connectivity index is 1.56. The molecule has 2 aromatic carbocycles. The molecule has 6 heteroatoms. The molecule has 146 valence electrons. The van der Waals surface area contributed by atoms with Gasteiger partial charge in [-0.1, -0.05) is 56.1 Å². The fourth-order valence-corrected chi connectivity index (χ4v) is 3.60. The number of aromatic hydroxyl groups is 1. The van der Waals surface area contributed by atoms with Crippen molar-refractivity contribution < 1.29 is 14.6 Å². The first-order valence-electron chi connectivity index (χ1n) is 9.59. The minimum Gasteiger partial charge on any atom is -0.507 e. The number of carbonyl (C=O) groups is 1. The van der Waals surface area contributed by atoms with Gasteiger partial charge >= 0.3 is 5.97 Å². The molecule has 3 rings (SSSR count). The number of aromatic nitrogens is 1. The summed E-state index contributed by atoms with van der Waals surface area (Å²) in [6.45, 7) is 2.16. The molecular formula is C22H24N2O3S. The van der Waals surface area contributed by atoms with Crippen molar-refractivity contribution >= 4 is 38.9 Å². The van der Waals surface area contributed by atoms with E-state index in [2.05, 4.69) is 16.9 Å². The molecule has 0 saturated heterocycles. The van der Waals surface area contributed by atoms with Crippen LogP contribution in [-0.2, 0) is 4.79 Å². The van der Waals surface area contributed by atoms with Crippen molar-refractivity contribution in [3.8, 4) is 11.5 Å². The van der Waals surface area contributed by atoms with Crippen LogP contribution in [0.3, 0.4) is 0 Å². The predicted octanol–water partition coefficient (Wildman–Crippen LogP) is 6.02. The number of ether oxygens (including phenoxy) is 1. The van der Waals surface area contributed by atoms with Crippen LogP contribution < -0.4 is 4.74 Å². The van der Waals surface area contributed by atoms with Crippen molar-refractivity contribution in [2.45, 2.75) is 45.4 Å². The summed E-state index contributed by atoms with van der Waals surface area (Å²) in [6, 6.07) is 12.6. The molecule has 0 aliphatic heterocycles. The topological polar surface area (TPSA) is 71.8 Å². The quantitative estimate of drug-likeness (QED) is 0.208. The molecule has 0 spiro atoms. The summed E-state index contributed by atoms with van der Waals surface area (Å²) in [5.74, 6) is 0.0816. The Bertz CT molecular complexity index is 932. The van der Waals surface area contributed by atoms with Gasteiger partial charge in [-0.25, -0.2) is 9.98 Å². The molecule has 0 fully saturated rings. The Hall–Kier alpha value is -2.73. The Morgan fingerprint density at radius 2 is 2.00 bits per heavy atom. The number of rotatable bonds is 9. The van der Waals surface area contributed by atoms with Crippen LogP contribution in [0.1, 0.15) is 51.0 Å². The summed E-state index contributed by atoms with van der Waals surface area (Å²) < 4.78 is 6.37. The van der Waals surface area contributed by atoms with E-state index in [0.717, 1.165) is 29.5 Å². The molecular weight excluding hydrogens is 372 g/mol. The van der Waals surface area contributed by atoms with Crippen molar-refractivity contribution in [3.05, 3.63) is 48.0 Å². The molecule has 28 heavy (non-hydrogen) atoms. The van der Waals surface area contributed by atoms with E-state index in [1.807, 2.05) is 24.3 Å². The Labute approximate surface area is 168 Å². The number of esters is 1. The lowest BCUT2D eigenvalue weighted by Gasteiger charge is -2.06. The highest BCUT2D eigenvalue weighted by molar-refractivity contribution is 7.22. The lowest BCUT2D eigenvalue weighted by molar-refractivity contribution is -0.134. The van der Waals surface area contributed by atoms with Crippen molar-refractivity contribution in [1.29, 1.82) is 0 Å². The number of phenols is 1. The summed E-state index contributed by atoms with van der Waals surface area (Å²) in [5, 5.41) is 10.8. The third kappa shape index (κ3) is 5.63. The van der Waals surface area contributed by atoms with Crippen molar-refractivity contribution in [1.82, 2.24) is 4.98 Å². The molecule has 0 unspecified atom stereocenters. The van der Waals surface area contributed by atoms with Gasteiger partial charge in [0.2, 0.25) is 5.13 Å². The monoisotopic (exact) mass is 396 g/mol. The van der Waals surface area contributed by atoms with Crippen LogP contribution in [0.15, 0.2) is 47.5 Å². The minimum atomic E-state index is -0.271. The van der Waals surface area contributed by atoms with Gasteiger partial charge in [0.15, 0.2) is 0 Å². The maximum Gasteiger partial charge on any atom is 0.311 e. The molecule has 0 aliphatic rings. The van der Waals surface area contributed by atoms with Crippen LogP contribution in [-0.4, -0.2) is 22.3 Å². The third-order valence-corrected chi connectivity index (χ3v) is 5.26. The summed E-state index contributed by atoms with van der Waals surface area (Å²) in [6.07, 6.45) is 7.35. The molecule has 0 atom stereocenters. The Morgan fingerprint density at radius 1 is 1.18 bits per heavy atom. The first-order valence-corrected chi connectivity index (χ1v) is 10.4. The number of benzene rings is 2. The zero-order valence-electron chi connectivity index (χ0n) is 15.9. The summed E-state index contributed by atoms with van der Waals surface area (Å²) in [7, 11) is 0. The summed E-state index contributed by atoms with van der Waals surface area (Å²) >= 11 is 1.49. The van der Waals surface area contributed by atoms with Crippen LogP contribution in [0.2, 0.25) is 0 Å². The van der Waals surface area contributed by atoms with E-state index in [1.54, 1.807) is 18.3 Å². The van der Waals surface area contributed by atoms with Crippen molar-refractivity contribution in [2.24, 2.45) is 4.99 Å². The largest absolute Gasteiger partial charge is 0.507 e. The van der Waals surface area contributed by atoms with E-state index in [-0.39, 0.29) is 11.7 Å². The number of aliphatic imine (C=N–C) groups is 1. The summed E-state index contributed by atoms with van der Waals surface area (Å²) in [5.41, 5.74) is 1.44. The normalized spacial score (nSPS) is 11.3. The van der Waals surface area contributed by atoms with Crippen molar-refractivity contribution in [3.63, 3.8) is 0 Å². The average molecular weight is 397 g/mol. The molecule has 0 radical (unpaired) electrons. The van der Waals surface area contributed by atoms with Gasteiger partial charge in [-0.3, -0.25) is 4.79 Å². The molecule has 0 aliphatic carbocycles. The lowest BCUT2D eigenvalue weighted by atomic mass is 10.1. The van der Waals surface area contributed by atoms with Crippen LogP contribution in [0, 0.1) is 0 Å². The number of hydrogen-bond acceptors (Lipinski definition) is 6. The first kappa shape index (κ1) is 20.0. The Morgan fingerprint density at radius 3 is 2.79 bits per heavy atom. The number of phenolic OH excluding ortho intramolecular Hbond substituents is 1. The maximum atomic E-state index is 11.9. The van der Waals surface area contributed by atoms with E-state index in [1.165, 1.54) is 30.2 Å². The van der Waals surface area contributed by atoms with E-state index < -0.39 is 0 Å². The van der Waals surface area contributed by atoms with Gasteiger partial charge in [-0.15, -0.1) is 0 Å².